The summed E-state index contributed by atoms with van der Waals surface area (Å²) in [7, 11) is 0. The van der Waals surface area contributed by atoms with E-state index in [4.69, 9.17) is 5.11 Å². The van der Waals surface area contributed by atoms with Crippen LogP contribution in [-0.2, 0) is 4.79 Å². The van der Waals surface area contributed by atoms with Crippen molar-refractivity contribution in [3.8, 4) is 0 Å². The van der Waals surface area contributed by atoms with Crippen LogP contribution in [0.3, 0.4) is 0 Å². The Hall–Kier alpha value is -0.0900. The molecule has 0 aromatic carbocycles. The second-order valence-corrected chi connectivity index (χ2v) is 3.01. The number of alkyl halides is 1. The summed E-state index contributed by atoms with van der Waals surface area (Å²) in [6, 6.07) is 0. The first kappa shape index (κ1) is 10.9. The first-order valence-corrected chi connectivity index (χ1v) is 4.87. The summed E-state index contributed by atoms with van der Waals surface area (Å²) >= 11 is 3.17. The maximum absolute atomic E-state index is 10.8. The molecule has 2 N–H and O–H groups in total. The Morgan fingerprint density at radius 1 is 1.45 bits per heavy atom. The number of halogens is 1. The fourth-order valence-corrected chi connectivity index (χ4v) is 0.999. The normalized spacial score (nSPS) is 9.64. The summed E-state index contributed by atoms with van der Waals surface area (Å²) < 4.78 is 0. The molecular weight excluding hydrogens is 210 g/mol. The maximum atomic E-state index is 10.8. The van der Waals surface area contributed by atoms with Gasteiger partial charge in [-0.1, -0.05) is 15.9 Å². The molecule has 0 fully saturated rings. The Balaban J connectivity index is 3.04. The number of amides is 1. The first-order valence-electron chi connectivity index (χ1n) is 3.74. The highest BCUT2D eigenvalue weighted by Crippen LogP contribution is 1.88. The van der Waals surface area contributed by atoms with E-state index in [-0.39, 0.29) is 12.5 Å². The molecule has 0 atom stereocenters. The van der Waals surface area contributed by atoms with Crippen molar-refractivity contribution >= 4 is 21.8 Å². The average molecular weight is 224 g/mol. The van der Waals surface area contributed by atoms with Gasteiger partial charge in [0.2, 0.25) is 5.91 Å². The minimum absolute atomic E-state index is 0.0693. The van der Waals surface area contributed by atoms with Gasteiger partial charge in [-0.05, 0) is 12.8 Å². The lowest BCUT2D eigenvalue weighted by atomic mass is 10.3. The van der Waals surface area contributed by atoms with E-state index in [1.807, 2.05) is 0 Å². The van der Waals surface area contributed by atoms with Crippen LogP contribution in [0.1, 0.15) is 19.3 Å². The number of rotatable bonds is 6. The van der Waals surface area contributed by atoms with Crippen LogP contribution in [0.4, 0.5) is 0 Å². The van der Waals surface area contributed by atoms with Gasteiger partial charge in [0.15, 0.2) is 0 Å². The highest BCUT2D eigenvalue weighted by Gasteiger charge is 1.96. The molecule has 4 heteroatoms. The number of unbranched alkanes of at least 4 members (excludes halogenated alkanes) is 1. The van der Waals surface area contributed by atoms with Gasteiger partial charge in [0.25, 0.3) is 0 Å². The quantitative estimate of drug-likeness (QED) is 0.514. The maximum Gasteiger partial charge on any atom is 0.220 e. The number of hydrogen-bond donors (Lipinski definition) is 2. The van der Waals surface area contributed by atoms with Crippen LogP contribution >= 0.6 is 15.9 Å². The van der Waals surface area contributed by atoms with Crippen molar-refractivity contribution in [3.63, 3.8) is 0 Å². The molecule has 11 heavy (non-hydrogen) atoms. The Morgan fingerprint density at radius 3 is 2.73 bits per heavy atom. The van der Waals surface area contributed by atoms with E-state index in [0.717, 1.165) is 12.8 Å². The number of hydrogen-bond acceptors (Lipinski definition) is 2. The molecule has 0 saturated carbocycles. The molecular formula is C7H14BrNO2. The first-order chi connectivity index (χ1) is 5.31. The van der Waals surface area contributed by atoms with Crippen LogP contribution in [0.2, 0.25) is 0 Å². The number of aliphatic hydroxyl groups is 1. The zero-order valence-electron chi connectivity index (χ0n) is 6.48. The van der Waals surface area contributed by atoms with E-state index in [0.29, 0.717) is 18.3 Å². The molecule has 0 aliphatic heterocycles. The molecule has 66 valence electrons. The molecule has 0 aliphatic rings. The predicted molar refractivity (Wildman–Crippen MR) is 47.7 cm³/mol. The summed E-state index contributed by atoms with van der Waals surface area (Å²) in [6.07, 6.45) is 2.14. The van der Waals surface area contributed by atoms with Gasteiger partial charge in [0.05, 0.1) is 0 Å². The highest BCUT2D eigenvalue weighted by molar-refractivity contribution is 9.09. The molecule has 0 heterocycles. The van der Waals surface area contributed by atoms with Crippen LogP contribution in [-0.4, -0.2) is 29.5 Å². The third-order valence-corrected chi connectivity index (χ3v) is 1.63. The Labute approximate surface area is 75.3 Å². The smallest absolute Gasteiger partial charge is 0.220 e. The van der Waals surface area contributed by atoms with Gasteiger partial charge >= 0.3 is 0 Å². The van der Waals surface area contributed by atoms with Gasteiger partial charge in [0, 0.05) is 24.9 Å². The molecule has 0 aromatic heterocycles. The second-order valence-electron chi connectivity index (χ2n) is 2.22. The van der Waals surface area contributed by atoms with Crippen LogP contribution in [0.25, 0.3) is 0 Å². The van der Waals surface area contributed by atoms with E-state index in [1.54, 1.807) is 0 Å². The van der Waals surface area contributed by atoms with Crippen molar-refractivity contribution < 1.29 is 9.90 Å². The third kappa shape index (κ3) is 7.81. The third-order valence-electron chi connectivity index (χ3n) is 1.23. The molecule has 0 bridgehead atoms. The largest absolute Gasteiger partial charge is 0.396 e. The SMILES string of the molecule is O=C(CCBr)NCCCCO. The van der Waals surface area contributed by atoms with Crippen LogP contribution in [0, 0.1) is 0 Å². The van der Waals surface area contributed by atoms with Crippen molar-refractivity contribution in [1.82, 2.24) is 5.32 Å². The summed E-state index contributed by atoms with van der Waals surface area (Å²) in [5, 5.41) is 11.9. The summed E-state index contributed by atoms with van der Waals surface area (Å²) in [5.41, 5.74) is 0. The summed E-state index contributed by atoms with van der Waals surface area (Å²) in [5.74, 6) is 0.0693. The molecule has 0 spiro atoms. The van der Waals surface area contributed by atoms with Crippen molar-refractivity contribution in [3.05, 3.63) is 0 Å². The second kappa shape index (κ2) is 8.01. The van der Waals surface area contributed by atoms with E-state index in [9.17, 15) is 4.79 Å². The topological polar surface area (TPSA) is 49.3 Å². The van der Waals surface area contributed by atoms with Gasteiger partial charge in [-0.2, -0.15) is 0 Å². The minimum Gasteiger partial charge on any atom is -0.396 e. The summed E-state index contributed by atoms with van der Waals surface area (Å²) in [4.78, 5) is 10.8. The van der Waals surface area contributed by atoms with Gasteiger partial charge in [-0.15, -0.1) is 0 Å². The van der Waals surface area contributed by atoms with E-state index in [1.165, 1.54) is 0 Å². The lowest BCUT2D eigenvalue weighted by Gasteiger charge is -2.01. The van der Waals surface area contributed by atoms with Gasteiger partial charge < -0.3 is 10.4 Å². The Morgan fingerprint density at radius 2 is 2.18 bits per heavy atom. The molecule has 0 aliphatic carbocycles. The molecule has 0 saturated heterocycles. The van der Waals surface area contributed by atoms with Crippen LogP contribution in [0.5, 0.6) is 0 Å². The zero-order chi connectivity index (χ0) is 8.53. The van der Waals surface area contributed by atoms with E-state index in [2.05, 4.69) is 21.2 Å². The van der Waals surface area contributed by atoms with Crippen molar-refractivity contribution in [2.24, 2.45) is 0 Å². The number of nitrogens with one attached hydrogen (secondary N) is 1. The predicted octanol–water partition coefficient (Wildman–Crippen LogP) is 0.660. The van der Waals surface area contributed by atoms with Crippen molar-refractivity contribution in [2.75, 3.05) is 18.5 Å². The molecule has 0 radical (unpaired) electrons. The Kier molecular flexibility index (Phi) is 7.95. The van der Waals surface area contributed by atoms with Gasteiger partial charge in [0.1, 0.15) is 0 Å². The molecule has 0 aromatic rings. The molecule has 1 amide bonds. The monoisotopic (exact) mass is 223 g/mol. The highest BCUT2D eigenvalue weighted by atomic mass is 79.9. The number of aliphatic hydroxyl groups excluding tert-OH is 1. The fourth-order valence-electron chi connectivity index (χ4n) is 0.639. The van der Waals surface area contributed by atoms with Gasteiger partial charge in [-0.25, -0.2) is 0 Å². The lowest BCUT2D eigenvalue weighted by Crippen LogP contribution is -2.24. The van der Waals surface area contributed by atoms with Crippen LogP contribution < -0.4 is 5.32 Å². The zero-order valence-corrected chi connectivity index (χ0v) is 8.06. The standard InChI is InChI=1S/C7H14BrNO2/c8-4-3-7(11)9-5-1-2-6-10/h10H,1-6H2,(H,9,11). The number of carbonyl (C=O) groups is 1. The van der Waals surface area contributed by atoms with E-state index >= 15 is 0 Å². The molecule has 0 unspecified atom stereocenters. The minimum atomic E-state index is 0.0693. The lowest BCUT2D eigenvalue weighted by molar-refractivity contribution is -0.120. The molecule has 3 nitrogen and oxygen atoms in total. The van der Waals surface area contributed by atoms with Gasteiger partial charge in [-0.3, -0.25) is 4.79 Å². The average Bonchev–Trinajstić information content (AvgIpc) is 1.99. The van der Waals surface area contributed by atoms with E-state index < -0.39 is 0 Å². The number of carbonyl (C=O) groups excluding carboxylic acids is 1. The van der Waals surface area contributed by atoms with Crippen LogP contribution in [0.15, 0.2) is 0 Å². The Bertz CT molecular complexity index is 109. The fraction of sp³-hybridized carbons (Fsp3) is 0.857. The van der Waals surface area contributed by atoms with Crippen molar-refractivity contribution in [2.45, 2.75) is 19.3 Å². The summed E-state index contributed by atoms with van der Waals surface area (Å²) in [6.45, 7) is 0.876. The molecule has 0 rings (SSSR count). The van der Waals surface area contributed by atoms with Crippen molar-refractivity contribution in [1.29, 1.82) is 0 Å².